The first kappa shape index (κ1) is 14.1. The van der Waals surface area contributed by atoms with Crippen LogP contribution in [0.1, 0.15) is 0 Å². The van der Waals surface area contributed by atoms with Gasteiger partial charge in [-0.25, -0.2) is 9.97 Å². The zero-order valence-electron chi connectivity index (χ0n) is 11.7. The summed E-state index contributed by atoms with van der Waals surface area (Å²) in [6.45, 7) is 0.532. The van der Waals surface area contributed by atoms with E-state index in [0.29, 0.717) is 18.2 Å². The fraction of sp³-hybridized carbons (Fsp3) is 0.286. The molecule has 0 aliphatic carbocycles. The Morgan fingerprint density at radius 2 is 1.95 bits per heavy atom. The zero-order chi connectivity index (χ0) is 14.4. The molecule has 3 N–H and O–H groups in total. The molecular weight excluding hydrogens is 254 g/mol. The molecule has 1 heterocycles. The van der Waals surface area contributed by atoms with Crippen molar-refractivity contribution >= 4 is 23.0 Å². The fourth-order valence-electron chi connectivity index (χ4n) is 1.72. The normalized spacial score (nSPS) is 10.2. The predicted molar refractivity (Wildman–Crippen MR) is 81.7 cm³/mol. The third-order valence-electron chi connectivity index (χ3n) is 2.72. The van der Waals surface area contributed by atoms with Crippen molar-refractivity contribution in [3.05, 3.63) is 36.7 Å². The van der Waals surface area contributed by atoms with Gasteiger partial charge < -0.3 is 20.6 Å². The van der Waals surface area contributed by atoms with E-state index in [1.165, 1.54) is 6.33 Å². The van der Waals surface area contributed by atoms with Crippen LogP contribution in [0, 0.1) is 0 Å². The van der Waals surface area contributed by atoms with E-state index in [1.54, 1.807) is 6.07 Å². The van der Waals surface area contributed by atoms with Crippen LogP contribution in [-0.2, 0) is 0 Å². The van der Waals surface area contributed by atoms with Gasteiger partial charge in [-0.2, -0.15) is 0 Å². The molecule has 0 saturated heterocycles. The second-order valence-electron chi connectivity index (χ2n) is 4.51. The Labute approximate surface area is 118 Å². The number of anilines is 4. The minimum absolute atomic E-state index is 0.0671. The summed E-state index contributed by atoms with van der Waals surface area (Å²) in [5.41, 5.74) is 2.07. The first-order valence-electron chi connectivity index (χ1n) is 6.40. The van der Waals surface area contributed by atoms with Gasteiger partial charge in [0.1, 0.15) is 18.0 Å². The lowest BCUT2D eigenvalue weighted by Gasteiger charge is -2.14. The summed E-state index contributed by atoms with van der Waals surface area (Å²) < 4.78 is 0. The van der Waals surface area contributed by atoms with Gasteiger partial charge in [-0.3, -0.25) is 0 Å². The van der Waals surface area contributed by atoms with E-state index in [2.05, 4.69) is 20.6 Å². The number of hydrogen-bond acceptors (Lipinski definition) is 6. The van der Waals surface area contributed by atoms with E-state index in [-0.39, 0.29) is 6.61 Å². The van der Waals surface area contributed by atoms with E-state index in [9.17, 15) is 0 Å². The summed E-state index contributed by atoms with van der Waals surface area (Å²) in [4.78, 5) is 10.3. The lowest BCUT2D eigenvalue weighted by Crippen LogP contribution is -2.09. The van der Waals surface area contributed by atoms with Crippen molar-refractivity contribution in [2.45, 2.75) is 0 Å². The third-order valence-corrected chi connectivity index (χ3v) is 2.72. The number of rotatable bonds is 6. The smallest absolute Gasteiger partial charge is 0.135 e. The van der Waals surface area contributed by atoms with Crippen molar-refractivity contribution in [2.75, 3.05) is 42.8 Å². The van der Waals surface area contributed by atoms with Gasteiger partial charge in [0.15, 0.2) is 0 Å². The molecule has 2 rings (SSSR count). The molecule has 0 aliphatic rings. The predicted octanol–water partition coefficient (Wildman–Crippen LogP) is 1.69. The maximum absolute atomic E-state index is 8.79. The summed E-state index contributed by atoms with van der Waals surface area (Å²) in [7, 11) is 4.00. The maximum atomic E-state index is 8.79. The lowest BCUT2D eigenvalue weighted by molar-refractivity contribution is 0.311. The molecule has 6 nitrogen and oxygen atoms in total. The number of hydrogen-bond donors (Lipinski definition) is 3. The molecule has 0 saturated carbocycles. The fourth-order valence-corrected chi connectivity index (χ4v) is 1.72. The van der Waals surface area contributed by atoms with Gasteiger partial charge in [0.2, 0.25) is 0 Å². The molecule has 0 unspecified atom stereocenters. The monoisotopic (exact) mass is 273 g/mol. The summed E-state index contributed by atoms with van der Waals surface area (Å²) in [6, 6.07) is 9.86. The molecule has 0 aliphatic heterocycles. The molecule has 1 aromatic heterocycles. The number of aliphatic hydroxyl groups is 1. The molecule has 0 spiro atoms. The molecule has 0 fully saturated rings. The maximum Gasteiger partial charge on any atom is 0.135 e. The van der Waals surface area contributed by atoms with Crippen molar-refractivity contribution in [3.8, 4) is 0 Å². The molecule has 2 aromatic rings. The molecule has 1 aromatic carbocycles. The zero-order valence-corrected chi connectivity index (χ0v) is 11.7. The van der Waals surface area contributed by atoms with Crippen LogP contribution in [0.2, 0.25) is 0 Å². The average Bonchev–Trinajstić information content (AvgIpc) is 2.46. The number of benzene rings is 1. The van der Waals surface area contributed by atoms with Gasteiger partial charge in [-0.1, -0.05) is 6.07 Å². The van der Waals surface area contributed by atoms with Crippen LogP contribution in [0.5, 0.6) is 0 Å². The second-order valence-corrected chi connectivity index (χ2v) is 4.51. The topological polar surface area (TPSA) is 73.3 Å². The Morgan fingerprint density at radius 1 is 1.15 bits per heavy atom. The van der Waals surface area contributed by atoms with E-state index < -0.39 is 0 Å². The highest BCUT2D eigenvalue weighted by molar-refractivity contribution is 5.64. The first-order chi connectivity index (χ1) is 9.69. The highest BCUT2D eigenvalue weighted by Crippen LogP contribution is 2.21. The van der Waals surface area contributed by atoms with Crippen LogP contribution in [0.3, 0.4) is 0 Å². The Bertz CT molecular complexity index is 559. The van der Waals surface area contributed by atoms with E-state index in [4.69, 9.17) is 5.11 Å². The summed E-state index contributed by atoms with van der Waals surface area (Å²) in [6.07, 6.45) is 1.48. The lowest BCUT2D eigenvalue weighted by atomic mass is 10.2. The first-order valence-corrected chi connectivity index (χ1v) is 6.40. The number of nitrogens with zero attached hydrogens (tertiary/aromatic N) is 3. The minimum Gasteiger partial charge on any atom is -0.395 e. The molecule has 0 radical (unpaired) electrons. The van der Waals surface area contributed by atoms with Gasteiger partial charge in [0, 0.05) is 38.1 Å². The van der Waals surface area contributed by atoms with Gasteiger partial charge in [0.05, 0.1) is 6.61 Å². The van der Waals surface area contributed by atoms with Crippen molar-refractivity contribution in [3.63, 3.8) is 0 Å². The molecular formula is C14H19N5O. The van der Waals surface area contributed by atoms with Crippen molar-refractivity contribution in [2.24, 2.45) is 0 Å². The summed E-state index contributed by atoms with van der Waals surface area (Å²) in [5, 5.41) is 15.0. The quantitative estimate of drug-likeness (QED) is 0.744. The number of aliphatic hydroxyl groups excluding tert-OH is 1. The Kier molecular flexibility index (Phi) is 4.73. The molecule has 0 atom stereocenters. The average molecular weight is 273 g/mol. The van der Waals surface area contributed by atoms with Gasteiger partial charge in [-0.05, 0) is 18.2 Å². The van der Waals surface area contributed by atoms with Crippen molar-refractivity contribution < 1.29 is 5.11 Å². The van der Waals surface area contributed by atoms with E-state index in [1.807, 2.05) is 43.3 Å². The van der Waals surface area contributed by atoms with Crippen LogP contribution in [0.4, 0.5) is 23.0 Å². The van der Waals surface area contributed by atoms with E-state index in [0.717, 1.165) is 11.4 Å². The van der Waals surface area contributed by atoms with Crippen molar-refractivity contribution in [1.29, 1.82) is 0 Å². The summed E-state index contributed by atoms with van der Waals surface area (Å²) >= 11 is 0. The van der Waals surface area contributed by atoms with Crippen molar-refractivity contribution in [1.82, 2.24) is 9.97 Å². The Balaban J connectivity index is 2.11. The second kappa shape index (κ2) is 6.72. The van der Waals surface area contributed by atoms with Crippen LogP contribution < -0.4 is 15.5 Å². The molecule has 106 valence electrons. The van der Waals surface area contributed by atoms with E-state index >= 15 is 0 Å². The Hall–Kier alpha value is -2.34. The number of nitrogens with one attached hydrogen (secondary N) is 2. The Morgan fingerprint density at radius 3 is 2.70 bits per heavy atom. The molecule has 0 bridgehead atoms. The van der Waals surface area contributed by atoms with Crippen LogP contribution >= 0.6 is 0 Å². The highest BCUT2D eigenvalue weighted by atomic mass is 16.3. The molecule has 6 heteroatoms. The standard InChI is InChI=1S/C14H19N5O/c1-19(2)12-5-3-4-11(8-12)18-14-9-13(15-6-7-20)16-10-17-14/h3-5,8-10,20H,6-7H2,1-2H3,(H2,15,16,17,18). The number of aromatic nitrogens is 2. The molecule has 0 amide bonds. The minimum atomic E-state index is 0.0671. The van der Waals surface area contributed by atoms with Gasteiger partial charge >= 0.3 is 0 Å². The third kappa shape index (κ3) is 3.83. The molecule has 20 heavy (non-hydrogen) atoms. The highest BCUT2D eigenvalue weighted by Gasteiger charge is 2.01. The van der Waals surface area contributed by atoms with Gasteiger partial charge in [0.25, 0.3) is 0 Å². The summed E-state index contributed by atoms with van der Waals surface area (Å²) in [5.74, 6) is 1.39. The van der Waals surface area contributed by atoms with Crippen LogP contribution in [0.15, 0.2) is 36.7 Å². The van der Waals surface area contributed by atoms with Crippen LogP contribution in [0.25, 0.3) is 0 Å². The largest absolute Gasteiger partial charge is 0.395 e. The SMILES string of the molecule is CN(C)c1cccc(Nc2cc(NCCO)ncn2)c1. The van der Waals surface area contributed by atoms with Gasteiger partial charge in [-0.15, -0.1) is 0 Å². The van der Waals surface area contributed by atoms with Crippen LogP contribution in [-0.4, -0.2) is 42.3 Å².